The van der Waals surface area contributed by atoms with Gasteiger partial charge in [0.25, 0.3) is 0 Å². The summed E-state index contributed by atoms with van der Waals surface area (Å²) in [5.74, 6) is 0.592. The number of nitrogens with one attached hydrogen (secondary N) is 2. The monoisotopic (exact) mass is 314 g/mol. The van der Waals surface area contributed by atoms with Crippen LogP contribution in [0.5, 0.6) is 0 Å². The summed E-state index contributed by atoms with van der Waals surface area (Å²) >= 11 is 0. The largest absolute Gasteiger partial charge is 0.297 e. The highest BCUT2D eigenvalue weighted by Crippen LogP contribution is 2.39. The second-order valence-electron chi connectivity index (χ2n) is 8.59. The second-order valence-corrected chi connectivity index (χ2v) is 8.59. The summed E-state index contributed by atoms with van der Waals surface area (Å²) in [6.45, 7) is 10.9. The van der Waals surface area contributed by atoms with Crippen molar-refractivity contribution < 1.29 is 14.6 Å². The molecule has 5 rings (SSSR count). The lowest BCUT2D eigenvalue weighted by Gasteiger charge is -2.60. The van der Waals surface area contributed by atoms with E-state index in [4.69, 9.17) is 0 Å². The smallest absolute Gasteiger partial charge is 0.240 e. The van der Waals surface area contributed by atoms with E-state index >= 15 is 0 Å². The average Bonchev–Trinajstić information content (AvgIpc) is 2.51. The van der Waals surface area contributed by atoms with Crippen LogP contribution in [0.4, 0.5) is 0 Å². The minimum Gasteiger partial charge on any atom is -0.297 e. The van der Waals surface area contributed by atoms with Crippen LogP contribution in [0.3, 0.4) is 0 Å². The van der Waals surface area contributed by atoms with Gasteiger partial charge < -0.3 is 0 Å². The number of quaternary nitrogens is 2. The van der Waals surface area contributed by atoms with Crippen molar-refractivity contribution in [2.24, 2.45) is 10.8 Å². The Morgan fingerprint density at radius 3 is 2.39 bits per heavy atom. The Balaban J connectivity index is 1.71. The first kappa shape index (κ1) is 15.3. The van der Waals surface area contributed by atoms with Crippen LogP contribution in [0.15, 0.2) is 24.3 Å². The molecule has 0 aromatic heterocycles. The Bertz CT molecular complexity index is 622. The van der Waals surface area contributed by atoms with Crippen molar-refractivity contribution in [1.29, 1.82) is 0 Å². The fourth-order valence-corrected chi connectivity index (χ4v) is 5.94. The lowest BCUT2D eigenvalue weighted by atomic mass is 9.59. The van der Waals surface area contributed by atoms with Crippen molar-refractivity contribution in [3.05, 3.63) is 35.4 Å². The van der Waals surface area contributed by atoms with E-state index in [2.05, 4.69) is 45.0 Å². The van der Waals surface area contributed by atoms with Gasteiger partial charge in [-0.05, 0) is 31.9 Å². The number of carbonyl (C=O) groups excluding carboxylic acids is 1. The van der Waals surface area contributed by atoms with Crippen LogP contribution in [-0.2, 0) is 4.79 Å². The molecule has 0 amide bonds. The number of carbonyl (C=O) groups is 1. The number of piperidine rings is 2. The van der Waals surface area contributed by atoms with Crippen LogP contribution in [0.25, 0.3) is 0 Å². The Morgan fingerprint density at radius 1 is 1.13 bits per heavy atom. The molecule has 0 spiro atoms. The minimum absolute atomic E-state index is 0.0366. The fourth-order valence-electron chi connectivity index (χ4n) is 5.94. The maximum Gasteiger partial charge on any atom is 0.240 e. The molecule has 4 heterocycles. The van der Waals surface area contributed by atoms with Gasteiger partial charge in [0.2, 0.25) is 6.17 Å². The van der Waals surface area contributed by atoms with Crippen molar-refractivity contribution >= 4 is 5.78 Å². The van der Waals surface area contributed by atoms with Gasteiger partial charge in [0.15, 0.2) is 5.78 Å². The first-order valence-corrected chi connectivity index (χ1v) is 9.29. The van der Waals surface area contributed by atoms with Crippen molar-refractivity contribution in [2.75, 3.05) is 26.2 Å². The molecule has 1 aromatic carbocycles. The molecule has 3 heteroatoms. The Hall–Kier alpha value is -1.19. The summed E-state index contributed by atoms with van der Waals surface area (Å²) in [5.41, 5.74) is 2.78. The minimum atomic E-state index is -0.0892. The van der Waals surface area contributed by atoms with Gasteiger partial charge in [-0.1, -0.05) is 38.0 Å². The quantitative estimate of drug-likeness (QED) is 0.834. The number of benzene rings is 1. The molecule has 0 radical (unpaired) electrons. The standard InChI is InChI=1S/C20H28N2O/c1-4-5-10-20-13-21-11-19(3,18(20)23)12-22(14-20)17(21)16-9-7-6-8-15(16)2/h6-9,17H,4-5,10-14H2,1-3H3/p+2. The Morgan fingerprint density at radius 2 is 1.78 bits per heavy atom. The van der Waals surface area contributed by atoms with E-state index in [-0.39, 0.29) is 10.8 Å². The van der Waals surface area contributed by atoms with Gasteiger partial charge in [0.1, 0.15) is 23.9 Å². The summed E-state index contributed by atoms with van der Waals surface area (Å²) in [7, 11) is 0. The van der Waals surface area contributed by atoms with E-state index < -0.39 is 0 Å². The highest BCUT2D eigenvalue weighted by atomic mass is 16.1. The first-order valence-electron chi connectivity index (χ1n) is 9.29. The summed E-state index contributed by atoms with van der Waals surface area (Å²) < 4.78 is 0. The molecule has 2 atom stereocenters. The topological polar surface area (TPSA) is 26.0 Å². The van der Waals surface area contributed by atoms with Gasteiger partial charge in [-0.2, -0.15) is 0 Å². The van der Waals surface area contributed by atoms with Gasteiger partial charge >= 0.3 is 0 Å². The summed E-state index contributed by atoms with van der Waals surface area (Å²) in [6, 6.07) is 8.86. The van der Waals surface area contributed by atoms with Crippen LogP contribution >= 0.6 is 0 Å². The van der Waals surface area contributed by atoms with E-state index in [0.29, 0.717) is 11.9 Å². The van der Waals surface area contributed by atoms with Crippen LogP contribution in [-0.4, -0.2) is 32.0 Å². The molecule has 2 unspecified atom stereocenters. The third-order valence-corrected chi connectivity index (χ3v) is 6.72. The molecular weight excluding hydrogens is 284 g/mol. The highest BCUT2D eigenvalue weighted by Gasteiger charge is 2.69. The van der Waals surface area contributed by atoms with E-state index in [1.165, 1.54) is 24.0 Å². The van der Waals surface area contributed by atoms with Gasteiger partial charge in [-0.25, -0.2) is 0 Å². The van der Waals surface area contributed by atoms with Crippen LogP contribution in [0, 0.1) is 17.8 Å². The molecule has 4 bridgehead atoms. The molecular formula is C20H30N2O+2. The zero-order chi connectivity index (χ0) is 16.2. The lowest BCUT2D eigenvalue weighted by Crippen LogP contribution is -3.41. The maximum atomic E-state index is 13.2. The van der Waals surface area contributed by atoms with Crippen molar-refractivity contribution in [1.82, 2.24) is 0 Å². The molecule has 0 aliphatic carbocycles. The zero-order valence-corrected chi connectivity index (χ0v) is 14.7. The molecule has 4 aliphatic heterocycles. The van der Waals surface area contributed by atoms with E-state index in [1.54, 1.807) is 9.80 Å². The number of aryl methyl sites for hydroxylation is 1. The van der Waals surface area contributed by atoms with Crippen molar-refractivity contribution in [3.8, 4) is 0 Å². The zero-order valence-electron chi connectivity index (χ0n) is 14.7. The molecule has 23 heavy (non-hydrogen) atoms. The Labute approximate surface area is 139 Å². The third kappa shape index (κ3) is 2.13. The predicted molar refractivity (Wildman–Crippen MR) is 90.4 cm³/mol. The molecule has 124 valence electrons. The second kappa shape index (κ2) is 5.15. The fraction of sp³-hybridized carbons (Fsp3) is 0.650. The lowest BCUT2D eigenvalue weighted by molar-refractivity contribution is -1.18. The number of hydrogen-bond donors (Lipinski definition) is 2. The van der Waals surface area contributed by atoms with Crippen LogP contribution in [0.2, 0.25) is 0 Å². The number of ketones is 1. The summed E-state index contributed by atoms with van der Waals surface area (Å²) in [6.07, 6.45) is 4.02. The SMILES string of the molecule is CCCCC12C[NH+]3CC(C)(C[NH+](C1)C3c1ccccc1C)C2=O. The predicted octanol–water partition coefficient (Wildman–Crippen LogP) is 0.556. The van der Waals surface area contributed by atoms with Gasteiger partial charge in [0.05, 0.1) is 18.7 Å². The third-order valence-electron chi connectivity index (χ3n) is 6.72. The van der Waals surface area contributed by atoms with Gasteiger partial charge in [-0.15, -0.1) is 0 Å². The van der Waals surface area contributed by atoms with E-state index in [0.717, 1.165) is 32.6 Å². The number of hydrogen-bond acceptors (Lipinski definition) is 1. The molecule has 4 aliphatic rings. The van der Waals surface area contributed by atoms with Gasteiger partial charge in [0, 0.05) is 0 Å². The number of unbranched alkanes of at least 4 members (excludes halogenated alkanes) is 1. The summed E-state index contributed by atoms with van der Waals surface area (Å²) in [5, 5.41) is 0. The average molecular weight is 314 g/mol. The molecule has 1 aromatic rings. The first-order chi connectivity index (χ1) is 11.0. The molecule has 4 saturated heterocycles. The molecule has 4 fully saturated rings. The Kier molecular flexibility index (Phi) is 3.44. The normalized spacial score (nSPS) is 41.5. The van der Waals surface area contributed by atoms with Crippen LogP contribution in [0.1, 0.15) is 50.4 Å². The number of rotatable bonds is 4. The van der Waals surface area contributed by atoms with E-state index in [9.17, 15) is 4.79 Å². The maximum absolute atomic E-state index is 13.2. The molecule has 3 nitrogen and oxygen atoms in total. The van der Waals surface area contributed by atoms with Crippen molar-refractivity contribution in [2.45, 2.75) is 46.2 Å². The van der Waals surface area contributed by atoms with Crippen molar-refractivity contribution in [3.63, 3.8) is 0 Å². The summed E-state index contributed by atoms with van der Waals surface area (Å²) in [4.78, 5) is 16.5. The van der Waals surface area contributed by atoms with E-state index in [1.807, 2.05) is 0 Å². The highest BCUT2D eigenvalue weighted by molar-refractivity contribution is 5.91. The van der Waals surface area contributed by atoms with Crippen LogP contribution < -0.4 is 9.80 Å². The molecule has 2 N–H and O–H groups in total. The van der Waals surface area contributed by atoms with Gasteiger partial charge in [-0.3, -0.25) is 14.6 Å². The number of Topliss-reactive ketones (excluding diaryl/α,β-unsaturated/α-hetero) is 1. The molecule has 0 saturated carbocycles.